The van der Waals surface area contributed by atoms with Crippen molar-refractivity contribution in [1.82, 2.24) is 4.90 Å². The minimum Gasteiger partial charge on any atom is -0.382 e. The smallest absolute Gasteiger partial charge is 0.137 e. The van der Waals surface area contributed by atoms with Crippen LogP contribution in [0.3, 0.4) is 0 Å². The molecule has 4 heteroatoms. The molecule has 52 heavy (non-hydrogen) atoms. The second-order valence-corrected chi connectivity index (χ2v) is 18.9. The average molecular weight is 719 g/mol. The predicted molar refractivity (Wildman–Crippen MR) is 224 cm³/mol. The molecule has 0 aromatic heterocycles. The number of likely N-dealkylation sites (tertiary alicyclic amines) is 1. The van der Waals surface area contributed by atoms with Gasteiger partial charge in [-0.05, 0) is 156 Å². The lowest BCUT2D eigenvalue weighted by Crippen LogP contribution is -2.34. The summed E-state index contributed by atoms with van der Waals surface area (Å²) >= 11 is 0. The van der Waals surface area contributed by atoms with E-state index in [0.29, 0.717) is 37.0 Å². The van der Waals surface area contributed by atoms with E-state index in [1.165, 1.54) is 156 Å². The van der Waals surface area contributed by atoms with Gasteiger partial charge in [0.25, 0.3) is 0 Å². The number of nitrogens with zero attached hydrogens (tertiary/aromatic N) is 1. The molecule has 1 aromatic rings. The third kappa shape index (κ3) is 13.6. The van der Waals surface area contributed by atoms with Crippen molar-refractivity contribution >= 4 is 17.3 Å². The van der Waals surface area contributed by atoms with E-state index in [1.807, 2.05) is 0 Å². The van der Waals surface area contributed by atoms with Gasteiger partial charge in [0.1, 0.15) is 11.6 Å². The minimum atomic E-state index is 0.193. The van der Waals surface area contributed by atoms with Gasteiger partial charge in [-0.2, -0.15) is 0 Å². The van der Waals surface area contributed by atoms with Crippen LogP contribution in [-0.4, -0.2) is 42.1 Å². The van der Waals surface area contributed by atoms with E-state index in [4.69, 9.17) is 0 Å². The van der Waals surface area contributed by atoms with Crippen molar-refractivity contribution < 1.29 is 9.59 Å². The first kappa shape index (κ1) is 43.1. The summed E-state index contributed by atoms with van der Waals surface area (Å²) in [7, 11) is 0. The Morgan fingerprint density at radius 3 is 2.06 bits per heavy atom. The molecule has 1 N–H and O–H groups in total. The molecule has 0 radical (unpaired) electrons. The summed E-state index contributed by atoms with van der Waals surface area (Å²) in [6.07, 6.45) is 25.8. The van der Waals surface area contributed by atoms with Crippen LogP contribution in [0.5, 0.6) is 0 Å². The summed E-state index contributed by atoms with van der Waals surface area (Å²) in [6.45, 7) is 22.4. The van der Waals surface area contributed by atoms with Crippen molar-refractivity contribution in [1.29, 1.82) is 0 Å². The van der Waals surface area contributed by atoms with Gasteiger partial charge in [0.2, 0.25) is 0 Å². The van der Waals surface area contributed by atoms with Crippen LogP contribution in [0.15, 0.2) is 0 Å². The molecule has 0 bridgehead atoms. The van der Waals surface area contributed by atoms with E-state index >= 15 is 0 Å². The third-order valence-corrected chi connectivity index (χ3v) is 14.1. The van der Waals surface area contributed by atoms with Crippen molar-refractivity contribution in [3.63, 3.8) is 0 Å². The van der Waals surface area contributed by atoms with Gasteiger partial charge >= 0.3 is 0 Å². The van der Waals surface area contributed by atoms with Gasteiger partial charge in [0.05, 0.1) is 0 Å². The fourth-order valence-corrected chi connectivity index (χ4v) is 10.2. The molecule has 0 spiro atoms. The van der Waals surface area contributed by atoms with Crippen molar-refractivity contribution in [2.75, 3.05) is 25.0 Å². The maximum atomic E-state index is 13.3. The molecule has 5 atom stereocenters. The number of rotatable bonds is 23. The molecule has 0 amide bonds. The largest absolute Gasteiger partial charge is 0.382 e. The summed E-state index contributed by atoms with van der Waals surface area (Å²) in [6, 6.07) is 0.552. The normalized spacial score (nSPS) is 22.4. The van der Waals surface area contributed by atoms with Gasteiger partial charge in [-0.3, -0.25) is 9.59 Å². The fraction of sp³-hybridized carbons (Fsp3) is 0.833. The second-order valence-electron chi connectivity index (χ2n) is 18.9. The highest BCUT2D eigenvalue weighted by atomic mass is 16.1. The van der Waals surface area contributed by atoms with Crippen LogP contribution in [0.4, 0.5) is 5.69 Å². The lowest BCUT2D eigenvalue weighted by atomic mass is 9.83. The SMILES string of the molecule is CCCN1CCC(CCC2CCC(C(=O)CCC(=O)Cc3c(C)c(C)c4c(c3C)CCC(CCCC(C)CCCC(C)CCCC(C)C)N4)C2)CC1. The van der Waals surface area contributed by atoms with Crippen molar-refractivity contribution in [3.05, 3.63) is 27.8 Å². The first-order valence-corrected chi connectivity index (χ1v) is 22.6. The van der Waals surface area contributed by atoms with Crippen LogP contribution < -0.4 is 5.32 Å². The standard InChI is InChI=1S/C48H82N2O2/c1-9-29-50-30-27-40(28-31-50)19-20-41-21-22-42(32-41)47(52)26-24-44(51)33-46-37(6)38(7)48-45(39(46)8)25-23-43(49-48)18-12-17-36(5)16-11-15-35(4)14-10-13-34(2)3/h34-36,40-43,49H,9-33H2,1-8H3. The number of carbonyl (C=O) groups is 2. The van der Waals surface area contributed by atoms with Crippen molar-refractivity contribution in [3.8, 4) is 0 Å². The lowest BCUT2D eigenvalue weighted by Gasteiger charge is -2.32. The zero-order valence-electron chi connectivity index (χ0n) is 35.5. The predicted octanol–water partition coefficient (Wildman–Crippen LogP) is 12.6. The third-order valence-electron chi connectivity index (χ3n) is 14.1. The first-order chi connectivity index (χ1) is 24.9. The Kier molecular flexibility index (Phi) is 18.2. The number of piperidine rings is 1. The molecule has 3 aliphatic rings. The summed E-state index contributed by atoms with van der Waals surface area (Å²) in [4.78, 5) is 29.2. The van der Waals surface area contributed by atoms with E-state index in [9.17, 15) is 9.59 Å². The van der Waals surface area contributed by atoms with E-state index in [0.717, 1.165) is 42.9 Å². The van der Waals surface area contributed by atoms with E-state index in [1.54, 1.807) is 0 Å². The maximum Gasteiger partial charge on any atom is 0.137 e. The summed E-state index contributed by atoms with van der Waals surface area (Å²) < 4.78 is 0. The number of Topliss-reactive ketones (excluding diaryl/α,β-unsaturated/α-hetero) is 2. The Labute approximate surface area is 321 Å². The molecule has 1 aromatic carbocycles. The molecule has 5 unspecified atom stereocenters. The van der Waals surface area contributed by atoms with Gasteiger partial charge in [-0.25, -0.2) is 0 Å². The van der Waals surface area contributed by atoms with Gasteiger partial charge < -0.3 is 10.2 Å². The van der Waals surface area contributed by atoms with Crippen LogP contribution in [0.1, 0.15) is 191 Å². The van der Waals surface area contributed by atoms with Gasteiger partial charge in [0.15, 0.2) is 0 Å². The zero-order valence-corrected chi connectivity index (χ0v) is 35.5. The van der Waals surface area contributed by atoms with Crippen LogP contribution in [0, 0.1) is 56.3 Å². The molecular weight excluding hydrogens is 637 g/mol. The maximum absolute atomic E-state index is 13.3. The summed E-state index contributed by atoms with van der Waals surface area (Å²) in [5, 5.41) is 3.96. The number of anilines is 1. The number of hydrogen-bond acceptors (Lipinski definition) is 4. The molecule has 4 rings (SSSR count). The Balaban J connectivity index is 1.15. The number of ketones is 2. The van der Waals surface area contributed by atoms with Gasteiger partial charge in [-0.15, -0.1) is 0 Å². The number of carbonyl (C=O) groups excluding carboxylic acids is 2. The lowest BCUT2D eigenvalue weighted by molar-refractivity contribution is -0.126. The Bertz CT molecular complexity index is 1240. The number of nitrogens with one attached hydrogen (secondary N) is 1. The highest BCUT2D eigenvalue weighted by molar-refractivity contribution is 5.89. The highest BCUT2D eigenvalue weighted by Crippen LogP contribution is 2.39. The number of benzene rings is 1. The van der Waals surface area contributed by atoms with E-state index in [-0.39, 0.29) is 11.7 Å². The van der Waals surface area contributed by atoms with Crippen LogP contribution in [0.2, 0.25) is 0 Å². The number of hydrogen-bond donors (Lipinski definition) is 1. The fourth-order valence-electron chi connectivity index (χ4n) is 10.2. The highest BCUT2D eigenvalue weighted by Gasteiger charge is 2.31. The van der Waals surface area contributed by atoms with Crippen LogP contribution in [0.25, 0.3) is 0 Å². The van der Waals surface area contributed by atoms with Gasteiger partial charge in [-0.1, -0.05) is 98.8 Å². The number of fused-ring (bicyclic) bond motifs is 1. The van der Waals surface area contributed by atoms with Crippen LogP contribution in [-0.2, 0) is 22.4 Å². The Hall–Kier alpha value is -1.68. The second kappa shape index (κ2) is 22.0. The monoisotopic (exact) mass is 719 g/mol. The topological polar surface area (TPSA) is 49.4 Å². The molecule has 296 valence electrons. The molecule has 1 saturated heterocycles. The van der Waals surface area contributed by atoms with Gasteiger partial charge in [0, 0.05) is 36.9 Å². The quantitative estimate of drug-likeness (QED) is 0.122. The molecule has 2 aliphatic heterocycles. The Morgan fingerprint density at radius 1 is 0.731 bits per heavy atom. The average Bonchev–Trinajstić information content (AvgIpc) is 3.60. The molecule has 4 nitrogen and oxygen atoms in total. The van der Waals surface area contributed by atoms with E-state index in [2.05, 4.69) is 65.6 Å². The summed E-state index contributed by atoms with van der Waals surface area (Å²) in [5.41, 5.74) is 7.89. The molecular formula is C48H82N2O2. The Morgan fingerprint density at radius 2 is 1.38 bits per heavy atom. The first-order valence-electron chi connectivity index (χ1n) is 22.6. The van der Waals surface area contributed by atoms with E-state index < -0.39 is 0 Å². The van der Waals surface area contributed by atoms with Crippen LogP contribution >= 0.6 is 0 Å². The molecule has 1 aliphatic carbocycles. The van der Waals surface area contributed by atoms with Crippen molar-refractivity contribution in [2.45, 2.75) is 203 Å². The molecule has 1 saturated carbocycles. The minimum absolute atomic E-state index is 0.193. The van der Waals surface area contributed by atoms with Crippen molar-refractivity contribution in [2.24, 2.45) is 35.5 Å². The molecule has 2 fully saturated rings. The zero-order chi connectivity index (χ0) is 37.6. The molecule has 2 heterocycles. The summed E-state index contributed by atoms with van der Waals surface area (Å²) in [5.74, 6) is 4.92.